The Morgan fingerprint density at radius 1 is 0.963 bits per heavy atom. The van der Waals surface area contributed by atoms with Crippen molar-refractivity contribution in [1.29, 1.82) is 0 Å². The molecule has 2 aliphatic rings. The van der Waals surface area contributed by atoms with Gasteiger partial charge < -0.3 is 24.0 Å². The molecule has 1 saturated carbocycles. The molecule has 6 nitrogen and oxygen atoms in total. The van der Waals surface area contributed by atoms with E-state index in [1.807, 2.05) is 0 Å². The van der Waals surface area contributed by atoms with E-state index >= 15 is 0 Å². The number of ether oxygens (including phenoxy) is 1. The van der Waals surface area contributed by atoms with Crippen LogP contribution in [0.5, 0.6) is 0 Å². The average Bonchev–Trinajstić information content (AvgIpc) is 2.93. The number of rotatable bonds is 5. The van der Waals surface area contributed by atoms with Crippen molar-refractivity contribution >= 4 is 22.7 Å². The van der Waals surface area contributed by atoms with Gasteiger partial charge in [-0.2, -0.15) is 0 Å². The standard InChI is InChI=1S/C19H39NO5Si2/c1-18(2,3)26(7,8)24-15-12(11-21)14-13(20-17(22)23-14)16(15)25-27(9,10)19(4,5)6/h12-16,21H,11H2,1-10H3,(H,20,22). The highest BCUT2D eigenvalue weighted by Crippen LogP contribution is 2.46. The van der Waals surface area contributed by atoms with Crippen molar-refractivity contribution < 1.29 is 23.5 Å². The number of amides is 1. The molecular formula is C19H39NO5Si2. The zero-order valence-electron chi connectivity index (χ0n) is 18.7. The minimum atomic E-state index is -2.11. The fourth-order valence-corrected chi connectivity index (χ4v) is 5.90. The molecule has 0 aromatic rings. The van der Waals surface area contributed by atoms with Crippen molar-refractivity contribution in [3.05, 3.63) is 0 Å². The van der Waals surface area contributed by atoms with Crippen LogP contribution < -0.4 is 5.32 Å². The van der Waals surface area contributed by atoms with Crippen molar-refractivity contribution in [3.63, 3.8) is 0 Å². The lowest BCUT2D eigenvalue weighted by Gasteiger charge is -2.44. The maximum absolute atomic E-state index is 11.9. The van der Waals surface area contributed by atoms with Gasteiger partial charge in [0.15, 0.2) is 16.6 Å². The van der Waals surface area contributed by atoms with Gasteiger partial charge >= 0.3 is 6.09 Å². The lowest BCUT2D eigenvalue weighted by atomic mass is 10.1. The van der Waals surface area contributed by atoms with Gasteiger partial charge in [-0.15, -0.1) is 0 Å². The zero-order chi connectivity index (χ0) is 21.0. The highest BCUT2D eigenvalue weighted by atomic mass is 28.4. The van der Waals surface area contributed by atoms with Gasteiger partial charge in [0.25, 0.3) is 0 Å². The summed E-state index contributed by atoms with van der Waals surface area (Å²) >= 11 is 0. The molecule has 8 heteroatoms. The van der Waals surface area contributed by atoms with E-state index in [9.17, 15) is 9.90 Å². The van der Waals surface area contributed by atoms with Crippen molar-refractivity contribution in [3.8, 4) is 0 Å². The molecule has 158 valence electrons. The molecule has 0 aromatic heterocycles. The normalized spacial score (nSPS) is 32.3. The Labute approximate surface area is 166 Å². The fraction of sp³-hybridized carbons (Fsp3) is 0.947. The molecule has 0 spiro atoms. The molecule has 0 radical (unpaired) electrons. The topological polar surface area (TPSA) is 77.0 Å². The number of hydrogen-bond donors (Lipinski definition) is 2. The number of alkyl carbamates (subject to hydrolysis) is 1. The van der Waals surface area contributed by atoms with E-state index < -0.39 is 28.8 Å². The van der Waals surface area contributed by atoms with Crippen LogP contribution in [0.4, 0.5) is 4.79 Å². The fourth-order valence-electron chi connectivity index (χ4n) is 3.24. The summed E-state index contributed by atoms with van der Waals surface area (Å²) in [6, 6.07) is -0.279. The van der Waals surface area contributed by atoms with Crippen LogP contribution in [0.1, 0.15) is 41.5 Å². The first-order chi connectivity index (χ1) is 12.0. The first-order valence-corrected chi connectivity index (χ1v) is 15.8. The van der Waals surface area contributed by atoms with Crippen LogP contribution in [0.15, 0.2) is 0 Å². The Morgan fingerprint density at radius 2 is 1.41 bits per heavy atom. The highest BCUT2D eigenvalue weighted by Gasteiger charge is 2.60. The third-order valence-corrected chi connectivity index (χ3v) is 16.0. The summed E-state index contributed by atoms with van der Waals surface area (Å²) < 4.78 is 19.0. The number of nitrogens with one attached hydrogen (secondary N) is 1. The van der Waals surface area contributed by atoms with E-state index in [1.54, 1.807) is 0 Å². The Kier molecular flexibility index (Phi) is 6.03. The number of carbonyl (C=O) groups excluding carboxylic acids is 1. The molecule has 27 heavy (non-hydrogen) atoms. The minimum Gasteiger partial charge on any atom is -0.443 e. The van der Waals surface area contributed by atoms with Crippen molar-refractivity contribution in [1.82, 2.24) is 5.32 Å². The second kappa shape index (κ2) is 7.13. The number of hydrogen-bond acceptors (Lipinski definition) is 5. The highest BCUT2D eigenvalue weighted by molar-refractivity contribution is 6.74. The van der Waals surface area contributed by atoms with E-state index in [0.29, 0.717) is 0 Å². The van der Waals surface area contributed by atoms with E-state index in [4.69, 9.17) is 13.6 Å². The third kappa shape index (κ3) is 4.29. The van der Waals surface area contributed by atoms with E-state index in [1.165, 1.54) is 0 Å². The summed E-state index contributed by atoms with van der Waals surface area (Å²) in [7, 11) is -4.21. The SMILES string of the molecule is CC(C)(C)[Si](C)(C)OC1C(CO)C2OC(=O)NC2C1O[Si](C)(C)C(C)(C)C. The van der Waals surface area contributed by atoms with Gasteiger partial charge in [0.2, 0.25) is 0 Å². The van der Waals surface area contributed by atoms with Crippen LogP contribution in [0.25, 0.3) is 0 Å². The van der Waals surface area contributed by atoms with Crippen molar-refractivity contribution in [2.45, 2.75) is 102 Å². The third-order valence-electron chi connectivity index (χ3n) is 7.09. The van der Waals surface area contributed by atoms with E-state index in [-0.39, 0.29) is 40.9 Å². The summed E-state index contributed by atoms with van der Waals surface area (Å²) in [4.78, 5) is 11.9. The van der Waals surface area contributed by atoms with Gasteiger partial charge in [-0.1, -0.05) is 41.5 Å². The Bertz CT molecular complexity index is 567. The van der Waals surface area contributed by atoms with Gasteiger partial charge in [0.1, 0.15) is 6.10 Å². The summed E-state index contributed by atoms with van der Waals surface area (Å²) in [5.74, 6) is -0.280. The molecular weight excluding hydrogens is 378 g/mol. The Hall–Kier alpha value is -0.416. The van der Waals surface area contributed by atoms with Crippen molar-refractivity contribution in [2.24, 2.45) is 5.92 Å². The predicted octanol–water partition coefficient (Wildman–Crippen LogP) is 3.87. The molecule has 1 aliphatic heterocycles. The smallest absolute Gasteiger partial charge is 0.407 e. The zero-order valence-corrected chi connectivity index (χ0v) is 20.7. The molecule has 2 rings (SSSR count). The molecule has 5 unspecified atom stereocenters. The molecule has 5 atom stereocenters. The average molecular weight is 418 g/mol. The number of aliphatic hydroxyl groups excluding tert-OH is 1. The molecule has 2 N–H and O–H groups in total. The lowest BCUT2D eigenvalue weighted by molar-refractivity contribution is -0.00115. The molecule has 1 heterocycles. The van der Waals surface area contributed by atoms with Gasteiger partial charge in [-0.3, -0.25) is 0 Å². The number of fused-ring (bicyclic) bond motifs is 1. The number of aliphatic hydroxyl groups is 1. The first-order valence-electron chi connectivity index (χ1n) is 9.95. The molecule has 1 amide bonds. The lowest BCUT2D eigenvalue weighted by Crippen LogP contribution is -2.55. The van der Waals surface area contributed by atoms with Crippen LogP contribution in [0.2, 0.25) is 36.3 Å². The summed E-state index contributed by atoms with van der Waals surface area (Å²) in [5.41, 5.74) is 0. The second-order valence-electron chi connectivity index (χ2n) is 11.1. The number of carbonyl (C=O) groups is 1. The summed E-state index contributed by atoms with van der Waals surface area (Å²) in [6.45, 7) is 21.9. The monoisotopic (exact) mass is 417 g/mol. The molecule has 1 aliphatic carbocycles. The first kappa shape index (κ1) is 22.9. The van der Waals surface area contributed by atoms with E-state index in [0.717, 1.165) is 0 Å². The predicted molar refractivity (Wildman–Crippen MR) is 112 cm³/mol. The summed E-state index contributed by atoms with van der Waals surface area (Å²) in [5, 5.41) is 13.1. The van der Waals surface area contributed by atoms with Gasteiger partial charge in [0.05, 0.1) is 24.9 Å². The maximum Gasteiger partial charge on any atom is 0.407 e. The summed E-state index contributed by atoms with van der Waals surface area (Å²) in [6.07, 6.45) is -1.45. The molecule has 2 fully saturated rings. The quantitative estimate of drug-likeness (QED) is 0.664. The Balaban J connectivity index is 2.39. The Morgan fingerprint density at radius 3 is 1.81 bits per heavy atom. The van der Waals surface area contributed by atoms with Crippen LogP contribution in [0.3, 0.4) is 0 Å². The second-order valence-corrected chi connectivity index (χ2v) is 20.6. The van der Waals surface area contributed by atoms with Crippen LogP contribution >= 0.6 is 0 Å². The van der Waals surface area contributed by atoms with Crippen LogP contribution in [0, 0.1) is 5.92 Å². The minimum absolute atomic E-state index is 0.0325. The molecule has 0 aromatic carbocycles. The van der Waals surface area contributed by atoms with Crippen molar-refractivity contribution in [2.75, 3.05) is 6.61 Å². The van der Waals surface area contributed by atoms with E-state index in [2.05, 4.69) is 73.0 Å². The van der Waals surface area contributed by atoms with Gasteiger partial charge in [-0.25, -0.2) is 4.79 Å². The van der Waals surface area contributed by atoms with Gasteiger partial charge in [-0.05, 0) is 36.3 Å². The maximum atomic E-state index is 11.9. The molecule has 0 bridgehead atoms. The van der Waals surface area contributed by atoms with Crippen LogP contribution in [-0.2, 0) is 13.6 Å². The molecule has 1 saturated heterocycles. The van der Waals surface area contributed by atoms with Gasteiger partial charge in [0, 0.05) is 5.92 Å². The largest absolute Gasteiger partial charge is 0.443 e. The van der Waals surface area contributed by atoms with Crippen LogP contribution in [-0.4, -0.2) is 58.8 Å².